The molecular weight excluding hydrogens is 292 g/mol. The highest BCUT2D eigenvalue weighted by atomic mass is 35.5. The number of halogens is 1. The minimum Gasteiger partial charge on any atom is -0.478 e. The molecule has 0 saturated heterocycles. The van der Waals surface area contributed by atoms with Crippen molar-refractivity contribution in [2.45, 2.75) is 6.42 Å². The number of aromatic carboxylic acids is 1. The maximum absolute atomic E-state index is 12.6. The molecule has 6 heteroatoms. The summed E-state index contributed by atoms with van der Waals surface area (Å²) in [6, 6.07) is 6.37. The molecule has 1 aliphatic rings. The van der Waals surface area contributed by atoms with Crippen molar-refractivity contribution in [3.05, 3.63) is 58.4 Å². The van der Waals surface area contributed by atoms with Gasteiger partial charge in [-0.3, -0.25) is 9.78 Å². The smallest absolute Gasteiger partial charge is 0.335 e. The topological polar surface area (TPSA) is 70.5 Å². The summed E-state index contributed by atoms with van der Waals surface area (Å²) < 4.78 is 0. The number of aromatic nitrogens is 1. The van der Waals surface area contributed by atoms with E-state index in [1.807, 2.05) is 0 Å². The molecule has 2 heterocycles. The minimum atomic E-state index is -1.02. The molecule has 0 radical (unpaired) electrons. The van der Waals surface area contributed by atoms with Crippen LogP contribution in [0.15, 0.2) is 36.7 Å². The first kappa shape index (κ1) is 13.6. The van der Waals surface area contributed by atoms with Crippen molar-refractivity contribution in [3.63, 3.8) is 0 Å². The molecule has 21 heavy (non-hydrogen) atoms. The second-order valence-electron chi connectivity index (χ2n) is 4.71. The molecule has 2 aromatic rings. The van der Waals surface area contributed by atoms with E-state index in [-0.39, 0.29) is 11.5 Å². The molecule has 0 spiro atoms. The van der Waals surface area contributed by atoms with Crippen LogP contribution >= 0.6 is 11.6 Å². The van der Waals surface area contributed by atoms with E-state index in [2.05, 4.69) is 4.98 Å². The molecule has 106 valence electrons. The third kappa shape index (κ3) is 2.36. The lowest BCUT2D eigenvalue weighted by Gasteiger charge is -2.18. The molecule has 0 fully saturated rings. The van der Waals surface area contributed by atoms with Crippen molar-refractivity contribution in [1.82, 2.24) is 4.98 Å². The van der Waals surface area contributed by atoms with E-state index in [9.17, 15) is 9.59 Å². The number of carbonyl (C=O) groups excluding carboxylic acids is 1. The summed E-state index contributed by atoms with van der Waals surface area (Å²) in [6.45, 7) is 0.502. The minimum absolute atomic E-state index is 0.158. The van der Waals surface area contributed by atoms with Gasteiger partial charge in [-0.2, -0.15) is 0 Å². The Morgan fingerprint density at radius 3 is 2.81 bits per heavy atom. The molecule has 1 amide bonds. The number of benzene rings is 1. The number of rotatable bonds is 2. The van der Waals surface area contributed by atoms with Crippen LogP contribution in [0, 0.1) is 0 Å². The van der Waals surface area contributed by atoms with E-state index in [1.165, 1.54) is 18.5 Å². The lowest BCUT2D eigenvalue weighted by atomic mass is 10.1. The van der Waals surface area contributed by atoms with E-state index in [1.54, 1.807) is 23.1 Å². The number of carbonyl (C=O) groups is 2. The molecular formula is C15H11ClN2O3. The van der Waals surface area contributed by atoms with Gasteiger partial charge in [0.05, 0.1) is 16.1 Å². The Balaban J connectivity index is 2.01. The van der Waals surface area contributed by atoms with Gasteiger partial charge in [0.2, 0.25) is 0 Å². The Kier molecular flexibility index (Phi) is 3.35. The average molecular weight is 303 g/mol. The van der Waals surface area contributed by atoms with Crippen molar-refractivity contribution in [1.29, 1.82) is 0 Å². The monoisotopic (exact) mass is 302 g/mol. The van der Waals surface area contributed by atoms with Crippen LogP contribution in [0.5, 0.6) is 0 Å². The number of pyridine rings is 1. The quantitative estimate of drug-likeness (QED) is 0.926. The van der Waals surface area contributed by atoms with Gasteiger partial charge in [0.1, 0.15) is 0 Å². The lowest BCUT2D eigenvalue weighted by molar-refractivity contribution is 0.0696. The molecule has 1 aromatic carbocycles. The maximum Gasteiger partial charge on any atom is 0.335 e. The van der Waals surface area contributed by atoms with Gasteiger partial charge in [-0.25, -0.2) is 4.79 Å². The Hall–Kier alpha value is -2.40. The molecule has 5 nitrogen and oxygen atoms in total. The lowest BCUT2D eigenvalue weighted by Crippen LogP contribution is -2.29. The fraction of sp³-hybridized carbons (Fsp3) is 0.133. The van der Waals surface area contributed by atoms with Gasteiger partial charge in [0.15, 0.2) is 0 Å². The summed E-state index contributed by atoms with van der Waals surface area (Å²) in [5.74, 6) is -1.29. The largest absolute Gasteiger partial charge is 0.478 e. The van der Waals surface area contributed by atoms with E-state index >= 15 is 0 Å². The van der Waals surface area contributed by atoms with Crippen LogP contribution in [0.1, 0.15) is 26.3 Å². The first-order valence-corrected chi connectivity index (χ1v) is 6.73. The molecule has 0 unspecified atom stereocenters. The van der Waals surface area contributed by atoms with Crippen molar-refractivity contribution in [2.24, 2.45) is 0 Å². The molecule has 1 aliphatic heterocycles. The predicted octanol–water partition coefficient (Wildman–Crippen LogP) is 2.64. The van der Waals surface area contributed by atoms with Crippen LogP contribution < -0.4 is 4.90 Å². The summed E-state index contributed by atoms with van der Waals surface area (Å²) in [4.78, 5) is 29.1. The highest BCUT2D eigenvalue weighted by molar-refractivity contribution is 6.34. The fourth-order valence-corrected chi connectivity index (χ4v) is 2.59. The zero-order chi connectivity index (χ0) is 15.0. The van der Waals surface area contributed by atoms with E-state index < -0.39 is 5.97 Å². The number of hydrogen-bond acceptors (Lipinski definition) is 3. The van der Waals surface area contributed by atoms with Crippen LogP contribution in [-0.2, 0) is 6.42 Å². The maximum atomic E-state index is 12.6. The number of carboxylic acids is 1. The molecule has 0 atom stereocenters. The highest BCUT2D eigenvalue weighted by Gasteiger charge is 2.27. The summed E-state index contributed by atoms with van der Waals surface area (Å²) in [6.07, 6.45) is 3.63. The van der Waals surface area contributed by atoms with Crippen molar-refractivity contribution in [2.75, 3.05) is 11.4 Å². The Morgan fingerprint density at radius 1 is 1.29 bits per heavy atom. The second-order valence-corrected chi connectivity index (χ2v) is 5.12. The zero-order valence-electron chi connectivity index (χ0n) is 10.9. The van der Waals surface area contributed by atoms with Gasteiger partial charge in [0.25, 0.3) is 5.91 Å². The number of nitrogens with zero attached hydrogens (tertiary/aromatic N) is 2. The van der Waals surface area contributed by atoms with Gasteiger partial charge in [-0.05, 0) is 30.2 Å². The van der Waals surface area contributed by atoms with Gasteiger partial charge in [0, 0.05) is 24.6 Å². The highest BCUT2D eigenvalue weighted by Crippen LogP contribution is 2.31. The molecule has 3 rings (SSSR count). The summed E-state index contributed by atoms with van der Waals surface area (Å²) >= 11 is 6.02. The van der Waals surface area contributed by atoms with E-state index in [4.69, 9.17) is 16.7 Å². The summed E-state index contributed by atoms with van der Waals surface area (Å²) in [7, 11) is 0. The van der Waals surface area contributed by atoms with E-state index in [0.29, 0.717) is 29.2 Å². The number of hydrogen-bond donors (Lipinski definition) is 1. The number of amides is 1. The summed E-state index contributed by atoms with van der Waals surface area (Å²) in [5, 5.41) is 9.40. The van der Waals surface area contributed by atoms with Gasteiger partial charge >= 0.3 is 5.97 Å². The Morgan fingerprint density at radius 2 is 2.10 bits per heavy atom. The van der Waals surface area contributed by atoms with Gasteiger partial charge in [-0.1, -0.05) is 17.7 Å². The fourth-order valence-electron chi connectivity index (χ4n) is 2.40. The Labute approximate surface area is 125 Å². The number of carboxylic acid groups (broad SMARTS) is 1. The molecule has 0 saturated carbocycles. The van der Waals surface area contributed by atoms with E-state index in [0.717, 1.165) is 5.56 Å². The normalized spacial score (nSPS) is 13.1. The first-order chi connectivity index (χ1) is 10.1. The summed E-state index contributed by atoms with van der Waals surface area (Å²) in [5.41, 5.74) is 2.05. The second kappa shape index (κ2) is 5.18. The van der Waals surface area contributed by atoms with Gasteiger partial charge < -0.3 is 10.0 Å². The third-order valence-electron chi connectivity index (χ3n) is 3.47. The standard InChI is InChI=1S/C15H11ClN2O3/c16-12-3-5-17-8-11(12)14(19)18-6-4-9-1-2-10(15(20)21)7-13(9)18/h1-3,5,7-8H,4,6H2,(H,20,21). The number of anilines is 1. The van der Waals surface area contributed by atoms with Crippen LogP contribution in [0.4, 0.5) is 5.69 Å². The van der Waals surface area contributed by atoms with Crippen molar-refractivity contribution >= 4 is 29.2 Å². The first-order valence-electron chi connectivity index (χ1n) is 6.35. The van der Waals surface area contributed by atoms with Crippen molar-refractivity contribution in [3.8, 4) is 0 Å². The Bertz CT molecular complexity index is 745. The molecule has 1 N–H and O–H groups in total. The molecule has 0 bridgehead atoms. The molecule has 1 aromatic heterocycles. The molecule has 0 aliphatic carbocycles. The number of fused-ring (bicyclic) bond motifs is 1. The van der Waals surface area contributed by atoms with Crippen LogP contribution in [0.2, 0.25) is 5.02 Å². The third-order valence-corrected chi connectivity index (χ3v) is 3.80. The van der Waals surface area contributed by atoms with Crippen molar-refractivity contribution < 1.29 is 14.7 Å². The predicted molar refractivity (Wildman–Crippen MR) is 78.0 cm³/mol. The van der Waals surface area contributed by atoms with Crippen LogP contribution in [-0.4, -0.2) is 28.5 Å². The average Bonchev–Trinajstić information content (AvgIpc) is 2.90. The zero-order valence-corrected chi connectivity index (χ0v) is 11.7. The SMILES string of the molecule is O=C(O)c1ccc2c(c1)N(C(=O)c1cnccc1Cl)CC2. The van der Waals surface area contributed by atoms with Gasteiger partial charge in [-0.15, -0.1) is 0 Å². The van der Waals surface area contributed by atoms with Crippen LogP contribution in [0.25, 0.3) is 0 Å². The van der Waals surface area contributed by atoms with Crippen LogP contribution in [0.3, 0.4) is 0 Å².